The van der Waals surface area contributed by atoms with E-state index in [9.17, 15) is 17.6 Å². The van der Waals surface area contributed by atoms with Crippen LogP contribution >= 0.6 is 11.3 Å². The van der Waals surface area contributed by atoms with Crippen LogP contribution in [0, 0.1) is 23.6 Å². The zero-order valence-electron chi connectivity index (χ0n) is 18.3. The number of aromatic nitrogens is 2. The van der Waals surface area contributed by atoms with E-state index in [0.717, 1.165) is 67.0 Å². The van der Waals surface area contributed by atoms with Crippen LogP contribution in [-0.2, 0) is 15.4 Å². The van der Waals surface area contributed by atoms with E-state index < -0.39 is 26.6 Å². The first kappa shape index (κ1) is 21.6. The Morgan fingerprint density at radius 3 is 2.33 bits per heavy atom. The average Bonchev–Trinajstić information content (AvgIpc) is 3.46. The molecule has 0 spiro atoms. The Hall–Kier alpha value is -1.91. The number of halogens is 1. The van der Waals surface area contributed by atoms with Crippen molar-refractivity contribution in [1.29, 1.82) is 0 Å². The second kappa shape index (κ2) is 7.81. The molecular formula is C23H27FN4O3S2. The summed E-state index contributed by atoms with van der Waals surface area (Å²) in [6.45, 7) is 0.742. The van der Waals surface area contributed by atoms with Crippen LogP contribution in [0.1, 0.15) is 66.7 Å². The number of benzene rings is 1. The van der Waals surface area contributed by atoms with Crippen molar-refractivity contribution in [2.45, 2.75) is 61.7 Å². The van der Waals surface area contributed by atoms with Crippen LogP contribution in [-0.4, -0.2) is 41.9 Å². The first-order valence-electron chi connectivity index (χ1n) is 11.8. The van der Waals surface area contributed by atoms with Gasteiger partial charge >= 0.3 is 0 Å². The van der Waals surface area contributed by atoms with Crippen molar-refractivity contribution in [2.75, 3.05) is 18.4 Å². The Morgan fingerprint density at radius 2 is 1.70 bits per heavy atom. The molecule has 1 aromatic heterocycles. The summed E-state index contributed by atoms with van der Waals surface area (Å²) in [6, 6.07) is 3.47. The van der Waals surface area contributed by atoms with E-state index in [4.69, 9.17) is 0 Å². The van der Waals surface area contributed by atoms with Crippen LogP contribution in [0.25, 0.3) is 0 Å². The molecule has 1 N–H and O–H groups in total. The van der Waals surface area contributed by atoms with Gasteiger partial charge in [-0.3, -0.25) is 10.1 Å². The highest BCUT2D eigenvalue weighted by atomic mass is 32.2. The highest BCUT2D eigenvalue weighted by Gasteiger charge is 2.53. The van der Waals surface area contributed by atoms with E-state index in [2.05, 4.69) is 15.5 Å². The summed E-state index contributed by atoms with van der Waals surface area (Å²) >= 11 is 1.42. The molecule has 0 atom stereocenters. The summed E-state index contributed by atoms with van der Waals surface area (Å²) in [4.78, 5) is 12.4. The fraction of sp³-hybridized carbons (Fsp3) is 0.609. The molecule has 4 aliphatic carbocycles. The molecule has 0 radical (unpaired) electrons. The van der Waals surface area contributed by atoms with Crippen LogP contribution in [0.3, 0.4) is 0 Å². The lowest BCUT2D eigenvalue weighted by Crippen LogP contribution is -2.48. The standard InChI is InChI=1S/C23H27FN4O3S2/c24-18-4-3-17(10-19(18)33(30,31)28-5-1-2-6-28)20(29)25-22-27-26-21(32-22)23-11-14-7-15(12-23)9-16(8-14)13-23/h3-4,10,14-16H,1-2,5-9,11-13H2,(H,25,27,29). The number of sulfonamides is 1. The molecule has 10 heteroatoms. The van der Waals surface area contributed by atoms with Crippen molar-refractivity contribution in [3.63, 3.8) is 0 Å². The Bertz CT molecular complexity index is 1170. The Labute approximate surface area is 196 Å². The number of rotatable bonds is 5. The van der Waals surface area contributed by atoms with Crippen molar-refractivity contribution in [1.82, 2.24) is 14.5 Å². The molecule has 5 fully saturated rings. The second-order valence-electron chi connectivity index (χ2n) is 10.3. The molecule has 7 nitrogen and oxygen atoms in total. The molecule has 5 aliphatic rings. The van der Waals surface area contributed by atoms with E-state index in [-0.39, 0.29) is 11.0 Å². The maximum atomic E-state index is 14.4. The minimum absolute atomic E-state index is 0.0840. The summed E-state index contributed by atoms with van der Waals surface area (Å²) in [5.74, 6) is 0.995. The first-order valence-corrected chi connectivity index (χ1v) is 14.0. The molecule has 1 aromatic carbocycles. The summed E-state index contributed by atoms with van der Waals surface area (Å²) in [6.07, 6.45) is 9.03. The van der Waals surface area contributed by atoms with Gasteiger partial charge in [-0.05, 0) is 87.3 Å². The molecule has 1 saturated heterocycles. The largest absolute Gasteiger partial charge is 0.296 e. The van der Waals surface area contributed by atoms with E-state index in [1.54, 1.807) is 0 Å². The van der Waals surface area contributed by atoms with Crippen LogP contribution in [0.4, 0.5) is 9.52 Å². The number of nitrogens with one attached hydrogen (secondary N) is 1. The highest BCUT2D eigenvalue weighted by molar-refractivity contribution is 7.89. The Balaban J connectivity index is 1.22. The fourth-order valence-corrected chi connectivity index (χ4v) is 9.50. The second-order valence-corrected chi connectivity index (χ2v) is 13.2. The monoisotopic (exact) mass is 490 g/mol. The molecule has 1 amide bonds. The normalized spacial score (nSPS) is 31.2. The smallest absolute Gasteiger partial charge is 0.257 e. The minimum atomic E-state index is -3.97. The number of carbonyl (C=O) groups is 1. The van der Waals surface area contributed by atoms with E-state index in [1.807, 2.05) is 0 Å². The van der Waals surface area contributed by atoms with Crippen molar-refractivity contribution in [2.24, 2.45) is 17.8 Å². The Kier molecular flexibility index (Phi) is 5.12. The van der Waals surface area contributed by atoms with Gasteiger partial charge in [0, 0.05) is 24.1 Å². The van der Waals surface area contributed by atoms with E-state index in [1.165, 1.54) is 41.0 Å². The number of nitrogens with zero attached hydrogens (tertiary/aromatic N) is 3. The molecule has 7 rings (SSSR count). The third kappa shape index (κ3) is 3.70. The van der Waals surface area contributed by atoms with E-state index >= 15 is 0 Å². The predicted molar refractivity (Wildman–Crippen MR) is 122 cm³/mol. The first-order chi connectivity index (χ1) is 15.8. The van der Waals surface area contributed by atoms with Gasteiger partial charge < -0.3 is 0 Å². The third-order valence-corrected chi connectivity index (χ3v) is 11.0. The fourth-order valence-electron chi connectivity index (χ4n) is 6.94. The van der Waals surface area contributed by atoms with Gasteiger partial charge in [0.1, 0.15) is 15.7 Å². The lowest BCUT2D eigenvalue weighted by atomic mass is 9.50. The maximum Gasteiger partial charge on any atom is 0.257 e. The van der Waals surface area contributed by atoms with Gasteiger partial charge in [-0.1, -0.05) is 11.3 Å². The summed E-state index contributed by atoms with van der Waals surface area (Å²) < 4.78 is 41.3. The summed E-state index contributed by atoms with van der Waals surface area (Å²) in [7, 11) is -3.97. The highest BCUT2D eigenvalue weighted by Crippen LogP contribution is 2.61. The quantitative estimate of drug-likeness (QED) is 0.679. The molecular weight excluding hydrogens is 463 g/mol. The summed E-state index contributed by atoms with van der Waals surface area (Å²) in [5.41, 5.74) is 0.183. The SMILES string of the molecule is O=C(Nc1nnc(C23CC4CC(CC(C4)C2)C3)s1)c1ccc(F)c(S(=O)(=O)N2CCCC2)c1. The molecule has 4 bridgehead atoms. The topological polar surface area (TPSA) is 92.3 Å². The summed E-state index contributed by atoms with van der Waals surface area (Å²) in [5, 5.41) is 12.9. The lowest BCUT2D eigenvalue weighted by Gasteiger charge is -2.55. The van der Waals surface area contributed by atoms with Crippen molar-refractivity contribution in [3.05, 3.63) is 34.6 Å². The number of hydrogen-bond acceptors (Lipinski definition) is 6. The van der Waals surface area contributed by atoms with Crippen LogP contribution < -0.4 is 5.32 Å². The van der Waals surface area contributed by atoms with Gasteiger partial charge in [-0.15, -0.1) is 10.2 Å². The van der Waals surface area contributed by atoms with Gasteiger partial charge in [0.2, 0.25) is 15.2 Å². The lowest BCUT2D eigenvalue weighted by molar-refractivity contribution is -0.00555. The van der Waals surface area contributed by atoms with Gasteiger partial charge in [-0.2, -0.15) is 4.31 Å². The van der Waals surface area contributed by atoms with E-state index in [0.29, 0.717) is 18.2 Å². The van der Waals surface area contributed by atoms with Crippen molar-refractivity contribution >= 4 is 32.4 Å². The molecule has 1 aliphatic heterocycles. The number of carbonyl (C=O) groups excluding carboxylic acids is 1. The van der Waals surface area contributed by atoms with Crippen LogP contribution in [0.5, 0.6) is 0 Å². The molecule has 2 heterocycles. The number of hydrogen-bond donors (Lipinski definition) is 1. The van der Waals surface area contributed by atoms with Gasteiger partial charge in [0.05, 0.1) is 0 Å². The van der Waals surface area contributed by atoms with Gasteiger partial charge in [0.15, 0.2) is 0 Å². The zero-order chi connectivity index (χ0) is 22.8. The molecule has 4 saturated carbocycles. The third-order valence-electron chi connectivity index (χ3n) is 8.01. The van der Waals surface area contributed by atoms with Crippen LogP contribution in [0.2, 0.25) is 0 Å². The Morgan fingerprint density at radius 1 is 1.06 bits per heavy atom. The minimum Gasteiger partial charge on any atom is -0.296 e. The maximum absolute atomic E-state index is 14.4. The van der Waals surface area contributed by atoms with Gasteiger partial charge in [-0.25, -0.2) is 12.8 Å². The molecule has 2 aromatic rings. The molecule has 33 heavy (non-hydrogen) atoms. The zero-order valence-corrected chi connectivity index (χ0v) is 19.9. The number of amides is 1. The van der Waals surface area contributed by atoms with Crippen LogP contribution in [0.15, 0.2) is 23.1 Å². The molecule has 0 unspecified atom stereocenters. The van der Waals surface area contributed by atoms with Crippen molar-refractivity contribution in [3.8, 4) is 0 Å². The average molecular weight is 491 g/mol. The number of anilines is 1. The van der Waals surface area contributed by atoms with Gasteiger partial charge in [0.25, 0.3) is 5.91 Å². The van der Waals surface area contributed by atoms with Crippen molar-refractivity contribution < 1.29 is 17.6 Å². The predicted octanol–water partition coefficient (Wildman–Crippen LogP) is 4.18. The molecule has 176 valence electrons.